The molecule has 0 radical (unpaired) electrons. The molecule has 0 spiro atoms. The fourth-order valence-corrected chi connectivity index (χ4v) is 6.31. The number of fused-ring (bicyclic) bond motifs is 1. The van der Waals surface area contributed by atoms with Gasteiger partial charge in [-0.15, -0.1) is 12.4 Å². The summed E-state index contributed by atoms with van der Waals surface area (Å²) in [6, 6.07) is 19.0. The Morgan fingerprint density at radius 1 is 0.887 bits per heavy atom. The zero-order valence-electron chi connectivity index (χ0n) is 29.6. The Hall–Kier alpha value is -5.31. The molecular formula is C37H40Cl2N4O10. The van der Waals surface area contributed by atoms with Gasteiger partial charge < -0.3 is 33.9 Å². The van der Waals surface area contributed by atoms with Gasteiger partial charge in [0, 0.05) is 60.8 Å². The number of halogens is 2. The van der Waals surface area contributed by atoms with Crippen molar-refractivity contribution in [3.63, 3.8) is 0 Å². The molecule has 1 fully saturated rings. The molecule has 14 nitrogen and oxygen atoms in total. The first kappa shape index (κ1) is 40.5. The molecule has 3 aliphatic rings. The second-order valence-electron chi connectivity index (χ2n) is 12.0. The molecule has 53 heavy (non-hydrogen) atoms. The van der Waals surface area contributed by atoms with Gasteiger partial charge >= 0.3 is 11.9 Å². The number of esters is 2. The van der Waals surface area contributed by atoms with Gasteiger partial charge in [0.1, 0.15) is 5.75 Å². The first-order valence-corrected chi connectivity index (χ1v) is 16.7. The van der Waals surface area contributed by atoms with Crippen LogP contribution in [0.15, 0.2) is 89.3 Å². The number of nitrogens with one attached hydrogen (secondary N) is 1. The summed E-state index contributed by atoms with van der Waals surface area (Å²) < 4.78 is 26.0. The normalized spacial score (nSPS) is 15.4. The average Bonchev–Trinajstić information content (AvgIpc) is 3.62. The first-order valence-electron chi connectivity index (χ1n) is 16.4. The number of dihydropyridines is 1. The number of piperazine rings is 1. The highest BCUT2D eigenvalue weighted by molar-refractivity contribution is 6.30. The molecule has 1 saturated heterocycles. The Bertz CT molecular complexity index is 1850. The van der Waals surface area contributed by atoms with Crippen molar-refractivity contribution < 1.29 is 43.0 Å². The maximum Gasteiger partial charge on any atom is 0.336 e. The number of allylic oxidation sites excluding steroid dienone is 2. The Kier molecular flexibility index (Phi) is 14.1. The van der Waals surface area contributed by atoms with E-state index in [2.05, 4.69) is 16.3 Å². The third kappa shape index (κ3) is 9.77. The van der Waals surface area contributed by atoms with Crippen molar-refractivity contribution in [1.82, 2.24) is 15.1 Å². The molecule has 3 aliphatic heterocycles. The van der Waals surface area contributed by atoms with Gasteiger partial charge in [0.25, 0.3) is 11.6 Å². The summed E-state index contributed by atoms with van der Waals surface area (Å²) in [5.41, 5.74) is 2.38. The van der Waals surface area contributed by atoms with E-state index < -0.39 is 22.8 Å². The maximum atomic E-state index is 12.4. The topological polar surface area (TPSA) is 159 Å². The number of para-hydroxylation sites is 1. The van der Waals surface area contributed by atoms with Crippen LogP contribution < -0.4 is 19.5 Å². The van der Waals surface area contributed by atoms with E-state index >= 15 is 0 Å². The fourth-order valence-electron chi connectivity index (χ4n) is 6.18. The Morgan fingerprint density at radius 3 is 2.09 bits per heavy atom. The van der Waals surface area contributed by atoms with Gasteiger partial charge in [-0.3, -0.25) is 19.8 Å². The number of benzene rings is 3. The molecule has 3 aromatic rings. The summed E-state index contributed by atoms with van der Waals surface area (Å²) in [6.45, 7) is 7.53. The van der Waals surface area contributed by atoms with E-state index in [0.717, 1.165) is 31.1 Å². The van der Waals surface area contributed by atoms with Crippen molar-refractivity contribution in [3.05, 3.63) is 116 Å². The van der Waals surface area contributed by atoms with Gasteiger partial charge in [0.15, 0.2) is 18.1 Å². The van der Waals surface area contributed by atoms with E-state index in [1.165, 1.54) is 38.0 Å². The lowest BCUT2D eigenvalue weighted by molar-refractivity contribution is -0.385. The number of carbonyl (C=O) groups excluding carboxylic acids is 3. The van der Waals surface area contributed by atoms with Gasteiger partial charge in [-0.2, -0.15) is 0 Å². The fraction of sp³-hybridized carbons (Fsp3) is 0.324. The second kappa shape index (κ2) is 18.4. The van der Waals surface area contributed by atoms with Gasteiger partial charge in [0.05, 0.1) is 36.2 Å². The van der Waals surface area contributed by atoms with E-state index in [4.69, 9.17) is 35.3 Å². The molecular weight excluding hydrogens is 731 g/mol. The van der Waals surface area contributed by atoms with Gasteiger partial charge in [0.2, 0.25) is 6.79 Å². The minimum Gasteiger partial charge on any atom is -0.484 e. The Morgan fingerprint density at radius 2 is 1.49 bits per heavy atom. The second-order valence-corrected chi connectivity index (χ2v) is 12.5. The number of nitrogens with zero attached hydrogens (tertiary/aromatic N) is 3. The van der Waals surface area contributed by atoms with E-state index in [-0.39, 0.29) is 54.1 Å². The molecule has 1 N–H and O–H groups in total. The van der Waals surface area contributed by atoms with Gasteiger partial charge in [-0.05, 0) is 55.8 Å². The summed E-state index contributed by atoms with van der Waals surface area (Å²) in [4.78, 5) is 52.1. The van der Waals surface area contributed by atoms with Crippen LogP contribution in [0.4, 0.5) is 5.69 Å². The largest absolute Gasteiger partial charge is 0.484 e. The number of amides is 1. The number of nitro groups is 1. The third-order valence-electron chi connectivity index (χ3n) is 8.76. The molecule has 0 atom stereocenters. The van der Waals surface area contributed by atoms with Crippen LogP contribution in [0.3, 0.4) is 0 Å². The zero-order chi connectivity index (χ0) is 37.4. The van der Waals surface area contributed by atoms with Crippen LogP contribution in [-0.4, -0.2) is 86.4 Å². The summed E-state index contributed by atoms with van der Waals surface area (Å²) in [6.07, 6.45) is 0. The first-order chi connectivity index (χ1) is 25.0. The molecule has 16 heteroatoms. The quantitative estimate of drug-likeness (QED) is 0.168. The highest BCUT2D eigenvalue weighted by Crippen LogP contribution is 2.42. The van der Waals surface area contributed by atoms with Crippen LogP contribution in [-0.2, 0) is 30.4 Å². The van der Waals surface area contributed by atoms with Crippen molar-refractivity contribution in [1.29, 1.82) is 0 Å². The lowest BCUT2D eigenvalue weighted by Gasteiger charge is -2.34. The molecule has 3 aromatic carbocycles. The number of carbonyl (C=O) groups is 3. The Balaban J connectivity index is 0.000000233. The molecule has 0 saturated carbocycles. The van der Waals surface area contributed by atoms with E-state index in [9.17, 15) is 24.5 Å². The van der Waals surface area contributed by atoms with Crippen LogP contribution in [0, 0.1) is 10.1 Å². The van der Waals surface area contributed by atoms with E-state index in [1.54, 1.807) is 44.2 Å². The van der Waals surface area contributed by atoms with Crippen LogP contribution in [0.2, 0.25) is 5.02 Å². The van der Waals surface area contributed by atoms with Crippen LogP contribution in [0.1, 0.15) is 30.9 Å². The molecule has 3 heterocycles. The summed E-state index contributed by atoms with van der Waals surface area (Å²) in [5.74, 6) is -0.0655. The maximum absolute atomic E-state index is 12.4. The minimum atomic E-state index is -0.970. The number of rotatable bonds is 9. The lowest BCUT2D eigenvalue weighted by atomic mass is 9.79. The number of hydrogen-bond acceptors (Lipinski definition) is 12. The predicted molar refractivity (Wildman–Crippen MR) is 197 cm³/mol. The lowest BCUT2D eigenvalue weighted by Crippen LogP contribution is -2.49. The van der Waals surface area contributed by atoms with Crippen LogP contribution in [0.5, 0.6) is 17.2 Å². The SMILES string of the molecule is COC(=O)C1=C(C)NC(C)=C(C(=O)OC)C1c1ccccc1[N+](=O)[O-].Cl.O=C(COc1ccc(Cl)cc1)N1CCN(Cc2ccc3c(c2)OCO3)CC1. The van der Waals surface area contributed by atoms with Crippen molar-refractivity contribution in [2.24, 2.45) is 0 Å². The predicted octanol–water partition coefficient (Wildman–Crippen LogP) is 5.39. The highest BCUT2D eigenvalue weighted by atomic mass is 35.5. The summed E-state index contributed by atoms with van der Waals surface area (Å²) in [7, 11) is 2.42. The smallest absolute Gasteiger partial charge is 0.336 e. The molecule has 0 bridgehead atoms. The molecule has 0 unspecified atom stereocenters. The van der Waals surface area contributed by atoms with Crippen LogP contribution in [0.25, 0.3) is 0 Å². The number of ether oxygens (including phenoxy) is 5. The van der Waals surface area contributed by atoms with Crippen molar-refractivity contribution in [2.45, 2.75) is 26.3 Å². The third-order valence-corrected chi connectivity index (χ3v) is 9.01. The summed E-state index contributed by atoms with van der Waals surface area (Å²) >= 11 is 5.85. The van der Waals surface area contributed by atoms with E-state index in [1.807, 2.05) is 17.0 Å². The standard InChI is InChI=1S/C20H21ClN2O4.C17H18N2O6.ClH/c21-16-2-4-17(5-3-16)25-13-20(24)23-9-7-22(8-10-23)12-15-1-6-18-19(11-15)27-14-26-18;1-9-13(16(20)24-3)15(14(10(2)18-9)17(21)25-4)11-7-5-6-8-12(11)19(22)23;/h1-6,11H,7-10,12-14H2;5-8,15,18H,1-4H3;1H. The molecule has 6 rings (SSSR count). The molecule has 1 amide bonds. The van der Waals surface area contributed by atoms with Crippen molar-refractivity contribution in [2.75, 3.05) is 53.8 Å². The van der Waals surface area contributed by atoms with Gasteiger partial charge in [-0.1, -0.05) is 35.9 Å². The molecule has 0 aromatic heterocycles. The number of hydrogen-bond donors (Lipinski definition) is 1. The van der Waals surface area contributed by atoms with Crippen LogP contribution >= 0.6 is 24.0 Å². The zero-order valence-corrected chi connectivity index (χ0v) is 31.2. The number of nitro benzene ring substituents is 1. The Labute approximate surface area is 317 Å². The van der Waals surface area contributed by atoms with E-state index in [0.29, 0.717) is 35.3 Å². The van der Waals surface area contributed by atoms with Gasteiger partial charge in [-0.25, -0.2) is 9.59 Å². The summed E-state index contributed by atoms with van der Waals surface area (Å²) in [5, 5.41) is 15.0. The molecule has 0 aliphatic carbocycles. The average molecular weight is 772 g/mol. The molecule has 282 valence electrons. The van der Waals surface area contributed by atoms with Crippen molar-refractivity contribution in [3.8, 4) is 17.2 Å². The highest BCUT2D eigenvalue weighted by Gasteiger charge is 2.40. The number of methoxy groups -OCH3 is 2. The monoisotopic (exact) mass is 770 g/mol. The minimum absolute atomic E-state index is 0. The van der Waals surface area contributed by atoms with Crippen molar-refractivity contribution >= 4 is 47.5 Å².